The summed E-state index contributed by atoms with van der Waals surface area (Å²) in [7, 11) is 0. The minimum Gasteiger partial charge on any atom is -0.367 e. The molecule has 0 aromatic heterocycles. The van der Waals surface area contributed by atoms with Gasteiger partial charge in [-0.1, -0.05) is 72.8 Å². The van der Waals surface area contributed by atoms with E-state index < -0.39 is 0 Å². The highest BCUT2D eigenvalue weighted by Gasteiger charge is 2.43. The van der Waals surface area contributed by atoms with Gasteiger partial charge in [0.15, 0.2) is 0 Å². The van der Waals surface area contributed by atoms with Crippen molar-refractivity contribution in [1.29, 1.82) is 0 Å². The summed E-state index contributed by atoms with van der Waals surface area (Å²) in [5.74, 6) is -0.563. The van der Waals surface area contributed by atoms with E-state index >= 15 is 0 Å². The number of fused-ring (bicyclic) bond motifs is 3. The summed E-state index contributed by atoms with van der Waals surface area (Å²) in [6.45, 7) is 4.46. The molecule has 38 heavy (non-hydrogen) atoms. The Kier molecular flexibility index (Phi) is 7.32. The van der Waals surface area contributed by atoms with E-state index in [0.29, 0.717) is 18.7 Å². The third-order valence-electron chi connectivity index (χ3n) is 7.86. The van der Waals surface area contributed by atoms with Gasteiger partial charge in [0.1, 0.15) is 17.7 Å². The quantitative estimate of drug-likeness (QED) is 0.249. The Morgan fingerprint density at radius 2 is 1.42 bits per heavy atom. The normalized spacial score (nSPS) is 19.9. The summed E-state index contributed by atoms with van der Waals surface area (Å²) < 4.78 is 33.3. The molecule has 3 saturated heterocycles. The minimum absolute atomic E-state index is 0.282. The Morgan fingerprint density at radius 1 is 0.789 bits per heavy atom. The van der Waals surface area contributed by atoms with Gasteiger partial charge in [-0.2, -0.15) is 0 Å². The zero-order chi connectivity index (χ0) is 25.9. The third-order valence-corrected chi connectivity index (χ3v) is 7.86. The van der Waals surface area contributed by atoms with Crippen LogP contribution in [0.3, 0.4) is 0 Å². The van der Waals surface area contributed by atoms with Crippen molar-refractivity contribution < 1.29 is 13.5 Å². The van der Waals surface area contributed by atoms with Crippen LogP contribution in [0.15, 0.2) is 97.1 Å². The summed E-state index contributed by atoms with van der Waals surface area (Å²) in [4.78, 5) is 5.09. The Hall–Kier alpha value is -3.38. The highest BCUT2D eigenvalue weighted by atomic mass is 19.1. The second-order valence-corrected chi connectivity index (χ2v) is 10.4. The second-order valence-electron chi connectivity index (χ2n) is 10.4. The van der Waals surface area contributed by atoms with Crippen LogP contribution in [0.4, 0.5) is 8.78 Å². The van der Waals surface area contributed by atoms with Crippen molar-refractivity contribution in [2.45, 2.75) is 24.6 Å². The number of ether oxygens (including phenoxy) is 1. The molecule has 0 aliphatic carbocycles. The molecular weight excluding hydrogens is 478 g/mol. The van der Waals surface area contributed by atoms with Gasteiger partial charge in [0, 0.05) is 38.3 Å². The average Bonchev–Trinajstić information content (AvgIpc) is 2.95. The van der Waals surface area contributed by atoms with Gasteiger partial charge in [0.2, 0.25) is 0 Å². The number of hydrogen-bond acceptors (Lipinski definition) is 3. The molecule has 3 fully saturated rings. The van der Waals surface area contributed by atoms with Gasteiger partial charge in [-0.3, -0.25) is 9.80 Å². The molecule has 0 radical (unpaired) electrons. The van der Waals surface area contributed by atoms with Crippen LogP contribution in [-0.4, -0.2) is 54.7 Å². The number of piperazine rings is 1. The highest BCUT2D eigenvalue weighted by Crippen LogP contribution is 2.32. The number of rotatable bonds is 9. The average molecular weight is 511 g/mol. The van der Waals surface area contributed by atoms with E-state index in [1.54, 1.807) is 24.3 Å². The van der Waals surface area contributed by atoms with Crippen molar-refractivity contribution >= 4 is 16.8 Å². The lowest BCUT2D eigenvalue weighted by Gasteiger charge is -2.56. The second kappa shape index (κ2) is 11.2. The molecule has 3 heterocycles. The Balaban J connectivity index is 1.01. The number of piperidine rings is 1. The van der Waals surface area contributed by atoms with Crippen LogP contribution in [0, 0.1) is 11.6 Å². The summed E-state index contributed by atoms with van der Waals surface area (Å²) >= 11 is 0. The van der Waals surface area contributed by atoms with Crippen molar-refractivity contribution in [3.05, 3.63) is 125 Å². The van der Waals surface area contributed by atoms with Crippen LogP contribution >= 0.6 is 0 Å². The van der Waals surface area contributed by atoms with Gasteiger partial charge in [-0.05, 0) is 64.2 Å². The fourth-order valence-electron chi connectivity index (χ4n) is 5.84. The van der Waals surface area contributed by atoms with Crippen molar-refractivity contribution in [3.63, 3.8) is 0 Å². The van der Waals surface area contributed by atoms with Gasteiger partial charge >= 0.3 is 0 Å². The lowest BCUT2D eigenvalue weighted by Crippen LogP contribution is -2.68. The van der Waals surface area contributed by atoms with E-state index in [0.717, 1.165) is 37.3 Å². The van der Waals surface area contributed by atoms with Gasteiger partial charge in [0.25, 0.3) is 0 Å². The van der Waals surface area contributed by atoms with Crippen molar-refractivity contribution in [1.82, 2.24) is 9.80 Å². The number of benzene rings is 4. The lowest BCUT2D eigenvalue weighted by atomic mass is 9.87. The molecule has 0 saturated carbocycles. The predicted octanol–water partition coefficient (Wildman–Crippen LogP) is 6.70. The summed E-state index contributed by atoms with van der Waals surface area (Å²) in [5.41, 5.74) is 2.97. The van der Waals surface area contributed by atoms with E-state index in [4.69, 9.17) is 4.74 Å². The largest absolute Gasteiger partial charge is 0.367 e. The van der Waals surface area contributed by atoms with Gasteiger partial charge in [-0.25, -0.2) is 8.78 Å². The third kappa shape index (κ3) is 5.56. The van der Waals surface area contributed by atoms with Gasteiger partial charge < -0.3 is 4.74 Å². The molecule has 3 nitrogen and oxygen atoms in total. The van der Waals surface area contributed by atoms with E-state index in [9.17, 15) is 8.78 Å². The first-order valence-corrected chi connectivity index (χ1v) is 13.4. The summed E-state index contributed by atoms with van der Waals surface area (Å²) in [5, 5.41) is 2.54. The first-order valence-electron chi connectivity index (χ1n) is 13.4. The molecule has 2 atom stereocenters. The van der Waals surface area contributed by atoms with Crippen LogP contribution in [-0.2, 0) is 4.74 Å². The molecule has 2 bridgehead atoms. The SMILES string of the molecule is Fc1ccc(C(OCCN2CC3CC(C2)N3C/C=C/c2ccc3ccccc3c2)c2ccc(F)cc2)cc1. The standard InChI is InChI=1S/C33H32F2N2O/c34-29-13-9-26(10-14-29)33(27-11-15-30(35)16-12-27)38-19-18-36-22-31-21-32(23-36)37(31)17-3-4-24-7-8-25-5-1-2-6-28(25)20-24/h1-16,20,31-33H,17-19,21-23H2/b4-3+. The molecule has 4 aromatic rings. The van der Waals surface area contributed by atoms with Crippen molar-refractivity contribution in [2.75, 3.05) is 32.8 Å². The molecule has 3 aliphatic rings. The van der Waals surface area contributed by atoms with Crippen LogP contribution in [0.2, 0.25) is 0 Å². The molecule has 2 unspecified atom stereocenters. The topological polar surface area (TPSA) is 15.7 Å². The molecule has 7 rings (SSSR count). The molecule has 3 aliphatic heterocycles. The van der Waals surface area contributed by atoms with Crippen molar-refractivity contribution in [2.24, 2.45) is 0 Å². The number of hydrogen-bond donors (Lipinski definition) is 0. The first-order chi connectivity index (χ1) is 18.6. The zero-order valence-electron chi connectivity index (χ0n) is 21.3. The monoisotopic (exact) mass is 510 g/mol. The lowest BCUT2D eigenvalue weighted by molar-refractivity contribution is -0.0692. The van der Waals surface area contributed by atoms with E-state index in [-0.39, 0.29) is 17.7 Å². The van der Waals surface area contributed by atoms with Gasteiger partial charge in [0.05, 0.1) is 6.61 Å². The Morgan fingerprint density at radius 3 is 2.08 bits per heavy atom. The zero-order valence-corrected chi connectivity index (χ0v) is 21.3. The molecule has 194 valence electrons. The number of halogens is 2. The molecule has 0 amide bonds. The molecular formula is C33H32F2N2O. The summed E-state index contributed by atoms with van der Waals surface area (Å²) in [6, 6.07) is 29.0. The Labute approximate surface area is 223 Å². The van der Waals surface area contributed by atoms with E-state index in [2.05, 4.69) is 64.4 Å². The number of nitrogens with zero attached hydrogens (tertiary/aromatic N) is 2. The van der Waals surface area contributed by atoms with Crippen LogP contribution in [0.5, 0.6) is 0 Å². The fraction of sp³-hybridized carbons (Fsp3) is 0.273. The predicted molar refractivity (Wildman–Crippen MR) is 149 cm³/mol. The highest BCUT2D eigenvalue weighted by molar-refractivity contribution is 5.84. The fourth-order valence-corrected chi connectivity index (χ4v) is 5.84. The minimum atomic E-state index is -0.354. The molecule has 5 heteroatoms. The van der Waals surface area contributed by atoms with Crippen LogP contribution in [0.25, 0.3) is 16.8 Å². The smallest absolute Gasteiger partial charge is 0.123 e. The molecule has 4 aromatic carbocycles. The maximum atomic E-state index is 13.5. The van der Waals surface area contributed by atoms with Crippen LogP contribution < -0.4 is 0 Å². The van der Waals surface area contributed by atoms with E-state index in [1.807, 2.05) is 0 Å². The molecule has 0 spiro atoms. The van der Waals surface area contributed by atoms with Gasteiger partial charge in [-0.15, -0.1) is 0 Å². The molecule has 0 N–H and O–H groups in total. The Bertz CT molecular complexity index is 1350. The maximum absolute atomic E-state index is 13.5. The van der Waals surface area contributed by atoms with E-state index in [1.165, 1.54) is 47.0 Å². The van der Waals surface area contributed by atoms with Crippen molar-refractivity contribution in [3.8, 4) is 0 Å². The summed E-state index contributed by atoms with van der Waals surface area (Å²) in [6.07, 6.45) is 5.43. The maximum Gasteiger partial charge on any atom is 0.123 e. The van der Waals surface area contributed by atoms with Crippen LogP contribution in [0.1, 0.15) is 29.2 Å². The first kappa shape index (κ1) is 24.9.